The predicted molar refractivity (Wildman–Crippen MR) is 65.8 cm³/mol. The van der Waals surface area contributed by atoms with E-state index in [-0.39, 0.29) is 0 Å². The first-order valence-electron chi connectivity index (χ1n) is 5.04. The van der Waals surface area contributed by atoms with Crippen LogP contribution in [-0.2, 0) is 15.3 Å². The molecule has 1 aromatic rings. The number of aromatic nitrogens is 1. The molecule has 92 valence electrons. The van der Waals surface area contributed by atoms with Crippen LogP contribution in [0.3, 0.4) is 0 Å². The molecule has 1 unspecified atom stereocenters. The van der Waals surface area contributed by atoms with Gasteiger partial charge in [-0.25, -0.2) is 4.79 Å². The van der Waals surface area contributed by atoms with Crippen molar-refractivity contribution in [3.05, 3.63) is 29.6 Å². The summed E-state index contributed by atoms with van der Waals surface area (Å²) in [4.78, 5) is 25.0. The van der Waals surface area contributed by atoms with Gasteiger partial charge in [0.15, 0.2) is 0 Å². The molecule has 0 radical (unpaired) electrons. The van der Waals surface area contributed by atoms with Gasteiger partial charge >= 0.3 is 5.97 Å². The van der Waals surface area contributed by atoms with Gasteiger partial charge in [0.05, 0.1) is 0 Å². The van der Waals surface area contributed by atoms with E-state index in [1.54, 1.807) is 12.4 Å². The highest BCUT2D eigenvalue weighted by Gasteiger charge is 2.15. The molecule has 1 aromatic heterocycles. The summed E-state index contributed by atoms with van der Waals surface area (Å²) in [5, 5.41) is 11.1. The number of rotatable bonds is 7. The Balaban J connectivity index is 2.40. The Labute approximate surface area is 104 Å². The molecule has 0 aliphatic heterocycles. The molecule has 0 aliphatic carbocycles. The number of carboxylic acids is 1. The van der Waals surface area contributed by atoms with E-state index < -0.39 is 12.0 Å². The van der Waals surface area contributed by atoms with Gasteiger partial charge in [-0.1, -0.05) is 6.07 Å². The monoisotopic (exact) mass is 254 g/mol. The standard InChI is InChI=1S/C11H14N2O3S/c1-8-2-9(4-12-3-8)5-17-6-10(11(15)16)13-7-14/h2-4,7,10H,5-6H2,1H3,(H,13,14)(H,15,16). The summed E-state index contributed by atoms with van der Waals surface area (Å²) in [6.45, 7) is 1.95. The van der Waals surface area contributed by atoms with Crippen LogP contribution >= 0.6 is 11.8 Å². The number of nitrogens with zero attached hydrogens (tertiary/aromatic N) is 1. The molecule has 2 N–H and O–H groups in total. The lowest BCUT2D eigenvalue weighted by molar-refractivity contribution is -0.139. The molecule has 0 aliphatic rings. The summed E-state index contributed by atoms with van der Waals surface area (Å²) in [5.74, 6) is -0.00643. The fourth-order valence-electron chi connectivity index (χ4n) is 1.26. The molecule has 0 spiro atoms. The quantitative estimate of drug-likeness (QED) is 0.704. The van der Waals surface area contributed by atoms with Crippen LogP contribution in [-0.4, -0.2) is 34.3 Å². The molecular weight excluding hydrogens is 240 g/mol. The van der Waals surface area contributed by atoms with E-state index in [0.717, 1.165) is 11.1 Å². The summed E-state index contributed by atoms with van der Waals surface area (Å²) in [6, 6.07) is 1.17. The third-order valence-electron chi connectivity index (χ3n) is 2.05. The Bertz CT molecular complexity index is 398. The summed E-state index contributed by atoms with van der Waals surface area (Å²) < 4.78 is 0. The van der Waals surface area contributed by atoms with Crippen LogP contribution in [0.2, 0.25) is 0 Å². The third-order valence-corrected chi connectivity index (χ3v) is 3.16. The van der Waals surface area contributed by atoms with Gasteiger partial charge in [0, 0.05) is 23.9 Å². The minimum atomic E-state index is -1.02. The molecule has 1 rings (SSSR count). The first-order valence-corrected chi connectivity index (χ1v) is 6.19. The highest BCUT2D eigenvalue weighted by atomic mass is 32.2. The van der Waals surface area contributed by atoms with Gasteiger partial charge in [-0.15, -0.1) is 0 Å². The number of carboxylic acid groups (broad SMARTS) is 1. The molecule has 0 fully saturated rings. The topological polar surface area (TPSA) is 79.3 Å². The second kappa shape index (κ2) is 6.90. The number of hydrogen-bond acceptors (Lipinski definition) is 4. The summed E-state index contributed by atoms with van der Waals surface area (Å²) >= 11 is 1.45. The minimum absolute atomic E-state index is 0.335. The second-order valence-electron chi connectivity index (χ2n) is 3.56. The van der Waals surface area contributed by atoms with Crippen molar-refractivity contribution in [2.45, 2.75) is 18.7 Å². The van der Waals surface area contributed by atoms with Crippen molar-refractivity contribution in [3.63, 3.8) is 0 Å². The van der Waals surface area contributed by atoms with Crippen LogP contribution in [0.25, 0.3) is 0 Å². The van der Waals surface area contributed by atoms with Crippen LogP contribution in [0, 0.1) is 6.92 Å². The number of hydrogen-bond donors (Lipinski definition) is 2. The normalized spacial score (nSPS) is 11.8. The maximum Gasteiger partial charge on any atom is 0.327 e. The van der Waals surface area contributed by atoms with E-state index in [4.69, 9.17) is 5.11 Å². The van der Waals surface area contributed by atoms with Crippen molar-refractivity contribution in [1.82, 2.24) is 10.3 Å². The SMILES string of the molecule is Cc1cncc(CSCC(NC=O)C(=O)O)c1. The molecule has 0 saturated heterocycles. The minimum Gasteiger partial charge on any atom is -0.480 e. The smallest absolute Gasteiger partial charge is 0.327 e. The maximum absolute atomic E-state index is 10.7. The fourth-order valence-corrected chi connectivity index (χ4v) is 2.25. The molecule has 1 amide bonds. The number of carbonyl (C=O) groups excluding carboxylic acids is 1. The lowest BCUT2D eigenvalue weighted by atomic mass is 10.2. The Morgan fingerprint density at radius 3 is 3.00 bits per heavy atom. The van der Waals surface area contributed by atoms with E-state index in [1.807, 2.05) is 13.0 Å². The van der Waals surface area contributed by atoms with Crippen LogP contribution in [0.1, 0.15) is 11.1 Å². The predicted octanol–water partition coefficient (Wildman–Crippen LogP) is 0.822. The number of carbonyl (C=O) groups is 2. The largest absolute Gasteiger partial charge is 0.480 e. The van der Waals surface area contributed by atoms with Gasteiger partial charge < -0.3 is 10.4 Å². The molecular formula is C11H14N2O3S. The number of thioether (sulfide) groups is 1. The molecule has 6 heteroatoms. The Hall–Kier alpha value is -1.56. The Morgan fingerprint density at radius 2 is 2.41 bits per heavy atom. The fraction of sp³-hybridized carbons (Fsp3) is 0.364. The average molecular weight is 254 g/mol. The molecule has 5 nitrogen and oxygen atoms in total. The molecule has 0 aromatic carbocycles. The van der Waals surface area contributed by atoms with Crippen molar-refractivity contribution < 1.29 is 14.7 Å². The zero-order chi connectivity index (χ0) is 12.7. The molecule has 1 heterocycles. The van der Waals surface area contributed by atoms with Crippen molar-refractivity contribution in [1.29, 1.82) is 0 Å². The van der Waals surface area contributed by atoms with Gasteiger partial charge in [0.25, 0.3) is 0 Å². The van der Waals surface area contributed by atoms with Crippen LogP contribution in [0.4, 0.5) is 0 Å². The summed E-state index contributed by atoms with van der Waals surface area (Å²) in [5.41, 5.74) is 2.12. The maximum atomic E-state index is 10.7. The molecule has 17 heavy (non-hydrogen) atoms. The number of aliphatic carboxylic acids is 1. The van der Waals surface area contributed by atoms with Gasteiger partial charge in [0.1, 0.15) is 6.04 Å². The van der Waals surface area contributed by atoms with Gasteiger partial charge in [-0.3, -0.25) is 9.78 Å². The number of amides is 1. The Morgan fingerprint density at radius 1 is 1.65 bits per heavy atom. The van der Waals surface area contributed by atoms with E-state index in [0.29, 0.717) is 17.9 Å². The van der Waals surface area contributed by atoms with Gasteiger partial charge in [-0.2, -0.15) is 11.8 Å². The number of nitrogens with one attached hydrogen (secondary N) is 1. The van der Waals surface area contributed by atoms with E-state index in [2.05, 4.69) is 10.3 Å². The van der Waals surface area contributed by atoms with Crippen LogP contribution < -0.4 is 5.32 Å². The highest BCUT2D eigenvalue weighted by molar-refractivity contribution is 7.98. The number of aryl methyl sites for hydroxylation is 1. The van der Waals surface area contributed by atoms with Gasteiger partial charge in [0.2, 0.25) is 6.41 Å². The van der Waals surface area contributed by atoms with Crippen molar-refractivity contribution >= 4 is 24.1 Å². The first kappa shape index (κ1) is 13.5. The van der Waals surface area contributed by atoms with Crippen molar-refractivity contribution in [2.75, 3.05) is 5.75 Å². The lowest BCUT2D eigenvalue weighted by Gasteiger charge is -2.10. The molecule has 1 atom stereocenters. The zero-order valence-corrected chi connectivity index (χ0v) is 10.2. The third kappa shape index (κ3) is 4.86. The number of pyridine rings is 1. The summed E-state index contributed by atoms with van der Waals surface area (Å²) in [7, 11) is 0. The highest BCUT2D eigenvalue weighted by Crippen LogP contribution is 2.13. The lowest BCUT2D eigenvalue weighted by Crippen LogP contribution is -2.37. The van der Waals surface area contributed by atoms with Crippen molar-refractivity contribution in [3.8, 4) is 0 Å². The average Bonchev–Trinajstić information content (AvgIpc) is 2.28. The van der Waals surface area contributed by atoms with E-state index >= 15 is 0 Å². The molecule has 0 saturated carbocycles. The second-order valence-corrected chi connectivity index (χ2v) is 4.59. The van der Waals surface area contributed by atoms with Crippen LogP contribution in [0.15, 0.2) is 18.5 Å². The summed E-state index contributed by atoms with van der Waals surface area (Å²) in [6.07, 6.45) is 3.93. The molecule has 0 bridgehead atoms. The Kier molecular flexibility index (Phi) is 5.48. The van der Waals surface area contributed by atoms with Crippen molar-refractivity contribution in [2.24, 2.45) is 0 Å². The van der Waals surface area contributed by atoms with E-state index in [1.165, 1.54) is 11.8 Å². The van der Waals surface area contributed by atoms with E-state index in [9.17, 15) is 9.59 Å². The zero-order valence-electron chi connectivity index (χ0n) is 9.42. The van der Waals surface area contributed by atoms with Crippen LogP contribution in [0.5, 0.6) is 0 Å². The van der Waals surface area contributed by atoms with Gasteiger partial charge in [-0.05, 0) is 18.1 Å². The first-order chi connectivity index (χ1) is 8.13.